The van der Waals surface area contributed by atoms with Gasteiger partial charge in [-0.2, -0.15) is 22.0 Å². The summed E-state index contributed by atoms with van der Waals surface area (Å²) in [5.41, 5.74) is -5.99. The van der Waals surface area contributed by atoms with Gasteiger partial charge in [0.25, 0.3) is 0 Å². The molecular weight excluding hydrogens is 271 g/mol. The highest BCUT2D eigenvalue weighted by Gasteiger charge is 2.83. The molecule has 0 bridgehead atoms. The lowest BCUT2D eigenvalue weighted by molar-refractivity contribution is -0.454. The van der Waals surface area contributed by atoms with E-state index in [1.807, 2.05) is 0 Å². The molecule has 2 rings (SSSR count). The van der Waals surface area contributed by atoms with Crippen LogP contribution >= 0.6 is 0 Å². The Morgan fingerprint density at radius 1 is 1.11 bits per heavy atom. The number of hydrogen-bond acceptors (Lipinski definition) is 2. The lowest BCUT2D eigenvalue weighted by Gasteiger charge is -2.50. The highest BCUT2D eigenvalue weighted by Crippen LogP contribution is 2.60. The van der Waals surface area contributed by atoms with Crippen LogP contribution in [0.2, 0.25) is 0 Å². The molecule has 0 aromatic rings. The minimum absolute atomic E-state index is 0.305. The standard InChI is InChI=1S/C9H6F7NO/c10-6-4-2-1-3-5(6)7(11,18)17(16)9(14,15)8(6,12)13/h1-3,18H,4H2. The normalized spacial score (nSPS) is 42.3. The molecule has 1 aliphatic carbocycles. The number of rotatable bonds is 0. The molecule has 1 saturated heterocycles. The van der Waals surface area contributed by atoms with E-state index in [-0.39, 0.29) is 0 Å². The van der Waals surface area contributed by atoms with Gasteiger partial charge in [0, 0.05) is 6.42 Å². The van der Waals surface area contributed by atoms with Gasteiger partial charge in [-0.3, -0.25) is 0 Å². The van der Waals surface area contributed by atoms with Crippen LogP contribution in [0.4, 0.5) is 30.8 Å². The number of halogens is 7. The van der Waals surface area contributed by atoms with Crippen LogP contribution in [0.3, 0.4) is 0 Å². The molecule has 2 atom stereocenters. The van der Waals surface area contributed by atoms with Crippen molar-refractivity contribution in [3.63, 3.8) is 0 Å². The Hall–Kier alpha value is -1.09. The van der Waals surface area contributed by atoms with Crippen molar-refractivity contribution in [2.75, 3.05) is 0 Å². The topological polar surface area (TPSA) is 23.5 Å². The number of fused-ring (bicyclic) bond motifs is 1. The van der Waals surface area contributed by atoms with Crippen LogP contribution in [0.15, 0.2) is 23.8 Å². The van der Waals surface area contributed by atoms with Crippen molar-refractivity contribution in [2.24, 2.45) is 0 Å². The van der Waals surface area contributed by atoms with Gasteiger partial charge >= 0.3 is 17.9 Å². The Kier molecular flexibility index (Phi) is 2.42. The Balaban J connectivity index is 2.71. The number of hydrogen-bond donors (Lipinski definition) is 1. The zero-order valence-electron chi connectivity index (χ0n) is 8.48. The molecule has 18 heavy (non-hydrogen) atoms. The van der Waals surface area contributed by atoms with Crippen molar-refractivity contribution in [3.8, 4) is 0 Å². The third-order valence-electron chi connectivity index (χ3n) is 2.95. The van der Waals surface area contributed by atoms with Crippen molar-refractivity contribution < 1.29 is 35.9 Å². The molecule has 9 heteroatoms. The second-order valence-corrected chi connectivity index (χ2v) is 4.00. The van der Waals surface area contributed by atoms with E-state index in [1.54, 1.807) is 0 Å². The maximum atomic E-state index is 14.0. The van der Waals surface area contributed by atoms with Crippen LogP contribution in [-0.4, -0.2) is 33.8 Å². The van der Waals surface area contributed by atoms with Crippen molar-refractivity contribution in [1.29, 1.82) is 0 Å². The summed E-state index contributed by atoms with van der Waals surface area (Å²) >= 11 is 0. The van der Waals surface area contributed by atoms with Crippen molar-refractivity contribution >= 4 is 0 Å². The third-order valence-corrected chi connectivity index (χ3v) is 2.95. The summed E-state index contributed by atoms with van der Waals surface area (Å²) in [7, 11) is 0. The Morgan fingerprint density at radius 3 is 2.22 bits per heavy atom. The van der Waals surface area contributed by atoms with Gasteiger partial charge in [0.15, 0.2) is 0 Å². The third kappa shape index (κ3) is 1.21. The summed E-state index contributed by atoms with van der Waals surface area (Å²) in [6.07, 6.45) is 0.600. The second-order valence-electron chi connectivity index (χ2n) is 4.00. The molecule has 1 aliphatic heterocycles. The maximum Gasteiger partial charge on any atom is 0.401 e. The lowest BCUT2D eigenvalue weighted by atomic mass is 9.77. The van der Waals surface area contributed by atoms with Crippen molar-refractivity contribution in [2.45, 2.75) is 30.0 Å². The first-order chi connectivity index (χ1) is 7.99. The molecule has 1 N–H and O–H groups in total. The van der Waals surface area contributed by atoms with Gasteiger partial charge in [-0.05, 0) is 5.12 Å². The number of alkyl halides is 6. The molecule has 0 aromatic carbocycles. The van der Waals surface area contributed by atoms with Crippen LogP contribution in [0, 0.1) is 0 Å². The van der Waals surface area contributed by atoms with Gasteiger partial charge in [-0.25, -0.2) is 4.39 Å². The monoisotopic (exact) mass is 277 g/mol. The first-order valence-electron chi connectivity index (χ1n) is 4.69. The van der Waals surface area contributed by atoms with Crippen LogP contribution < -0.4 is 0 Å². The average Bonchev–Trinajstić information content (AvgIpc) is 2.26. The van der Waals surface area contributed by atoms with E-state index in [9.17, 15) is 30.8 Å². The van der Waals surface area contributed by atoms with Crippen LogP contribution in [0.25, 0.3) is 0 Å². The number of aliphatic hydroxyl groups is 1. The summed E-state index contributed by atoms with van der Waals surface area (Å²) < 4.78 is 93.0. The number of nitrogens with zero attached hydrogens (tertiary/aromatic N) is 1. The minimum atomic E-state index is -5.83. The zero-order valence-corrected chi connectivity index (χ0v) is 8.48. The first kappa shape index (κ1) is 13.3. The summed E-state index contributed by atoms with van der Waals surface area (Å²) in [5.74, 6) is -10.2. The Bertz CT molecular complexity index is 444. The highest BCUT2D eigenvalue weighted by molar-refractivity contribution is 5.39. The fourth-order valence-electron chi connectivity index (χ4n) is 1.95. The molecule has 2 nitrogen and oxygen atoms in total. The van der Waals surface area contributed by atoms with E-state index in [4.69, 9.17) is 5.11 Å². The SMILES string of the molecule is OC1(F)C2=CC=CCC2(F)C(F)(F)C(F)(F)N1F. The highest BCUT2D eigenvalue weighted by atomic mass is 19.3. The molecule has 102 valence electrons. The molecule has 2 unspecified atom stereocenters. The van der Waals surface area contributed by atoms with Crippen molar-refractivity contribution in [1.82, 2.24) is 5.12 Å². The average molecular weight is 277 g/mol. The summed E-state index contributed by atoms with van der Waals surface area (Å²) in [6.45, 7) is 0. The molecule has 1 heterocycles. The Morgan fingerprint density at radius 2 is 1.67 bits per heavy atom. The van der Waals surface area contributed by atoms with Gasteiger partial charge in [0.2, 0.25) is 5.67 Å². The number of piperidine rings is 1. The molecule has 1 fully saturated rings. The van der Waals surface area contributed by atoms with Crippen molar-refractivity contribution in [3.05, 3.63) is 23.8 Å². The van der Waals surface area contributed by atoms with E-state index in [1.165, 1.54) is 0 Å². The largest absolute Gasteiger partial charge is 0.401 e. The minimum Gasteiger partial charge on any atom is -0.344 e. The van der Waals surface area contributed by atoms with Crippen LogP contribution in [-0.2, 0) is 0 Å². The smallest absolute Gasteiger partial charge is 0.344 e. The second kappa shape index (κ2) is 3.27. The van der Waals surface area contributed by atoms with Gasteiger partial charge in [-0.15, -0.1) is 4.48 Å². The van der Waals surface area contributed by atoms with E-state index in [2.05, 4.69) is 0 Å². The van der Waals surface area contributed by atoms with E-state index in [0.29, 0.717) is 6.08 Å². The van der Waals surface area contributed by atoms with Crippen LogP contribution in [0.5, 0.6) is 0 Å². The zero-order chi connectivity index (χ0) is 14.0. The summed E-state index contributed by atoms with van der Waals surface area (Å²) in [5, 5.41) is 6.53. The Labute approximate surface area is 95.9 Å². The lowest BCUT2D eigenvalue weighted by Crippen LogP contribution is -2.74. The van der Waals surface area contributed by atoms with Gasteiger partial charge in [0.1, 0.15) is 0 Å². The molecule has 0 aromatic heterocycles. The predicted molar refractivity (Wildman–Crippen MR) is 44.6 cm³/mol. The molecule has 0 saturated carbocycles. The van der Waals surface area contributed by atoms with Gasteiger partial charge in [-0.1, -0.05) is 18.2 Å². The first-order valence-corrected chi connectivity index (χ1v) is 4.69. The molecule has 0 spiro atoms. The molecule has 2 aliphatic rings. The molecular formula is C9H6F7NO. The van der Waals surface area contributed by atoms with Gasteiger partial charge < -0.3 is 5.11 Å². The predicted octanol–water partition coefficient (Wildman–Crippen LogP) is 2.62. The number of allylic oxidation sites excluding steroid dienone is 3. The van der Waals surface area contributed by atoms with E-state index >= 15 is 0 Å². The summed E-state index contributed by atoms with van der Waals surface area (Å²) in [4.78, 5) is 0. The summed E-state index contributed by atoms with van der Waals surface area (Å²) in [6, 6.07) is -5.83. The maximum absolute atomic E-state index is 14.0. The van der Waals surface area contributed by atoms with E-state index < -0.39 is 40.7 Å². The molecule has 0 amide bonds. The van der Waals surface area contributed by atoms with Gasteiger partial charge in [0.05, 0.1) is 5.57 Å². The fraction of sp³-hybridized carbons (Fsp3) is 0.556. The molecule has 0 radical (unpaired) electrons. The quantitative estimate of drug-likeness (QED) is 0.418. The van der Waals surface area contributed by atoms with Crippen LogP contribution in [0.1, 0.15) is 6.42 Å². The fourth-order valence-corrected chi connectivity index (χ4v) is 1.95. The van der Waals surface area contributed by atoms with E-state index in [0.717, 1.165) is 12.2 Å².